The van der Waals surface area contributed by atoms with Gasteiger partial charge in [0.25, 0.3) is 0 Å². The summed E-state index contributed by atoms with van der Waals surface area (Å²) in [5, 5.41) is 5.37. The molecule has 1 aromatic carbocycles. The van der Waals surface area contributed by atoms with E-state index in [2.05, 4.69) is 10.2 Å². The van der Waals surface area contributed by atoms with Gasteiger partial charge in [-0.15, -0.1) is 0 Å². The molecule has 1 heterocycles. The predicted molar refractivity (Wildman–Crippen MR) is 117 cm³/mol. The van der Waals surface area contributed by atoms with Crippen LogP contribution < -0.4 is 5.32 Å². The molecule has 1 amide bonds. The Hall–Kier alpha value is -0.420. The van der Waals surface area contributed by atoms with Crippen molar-refractivity contribution >= 4 is 40.9 Å². The van der Waals surface area contributed by atoms with Crippen LogP contribution in [0, 0.1) is 5.92 Å². The topological polar surface area (TPSA) is 32.3 Å². The molecule has 1 saturated heterocycles. The number of nitrogens with one attached hydrogen (secondary N) is 1. The van der Waals surface area contributed by atoms with Crippen molar-refractivity contribution in [2.24, 2.45) is 5.92 Å². The number of benzene rings is 1. The van der Waals surface area contributed by atoms with Crippen LogP contribution in [0.3, 0.4) is 0 Å². The van der Waals surface area contributed by atoms with Crippen LogP contribution >= 0.6 is 35.0 Å². The number of thioether (sulfide) groups is 1. The Labute approximate surface area is 177 Å². The summed E-state index contributed by atoms with van der Waals surface area (Å²) in [6.07, 6.45) is 8.84. The number of carbonyl (C=O) groups excluding carboxylic acids is 1. The first-order chi connectivity index (χ1) is 13.1. The van der Waals surface area contributed by atoms with Gasteiger partial charge in [0.05, 0.1) is 5.92 Å². The largest absolute Gasteiger partial charge is 0.355 e. The number of hydrogen-bond acceptors (Lipinski definition) is 3. The van der Waals surface area contributed by atoms with Crippen molar-refractivity contribution in [3.05, 3.63) is 33.8 Å². The molecule has 3 rings (SSSR count). The molecule has 0 aromatic heterocycles. The summed E-state index contributed by atoms with van der Waals surface area (Å²) in [6.45, 7) is 3.26. The summed E-state index contributed by atoms with van der Waals surface area (Å²) in [7, 11) is 0. The second-order valence-corrected chi connectivity index (χ2v) is 9.92. The van der Waals surface area contributed by atoms with Crippen molar-refractivity contribution in [2.45, 2.75) is 56.7 Å². The standard InChI is InChI=1S/C21H30Cl2N2OS/c22-19-9-4-10-20(23)18(19)15-25-12-5-6-16(14-25)21(26)24-11-13-27-17-7-2-1-3-8-17/h4,9-10,16-17H,1-3,5-8,11-15H2,(H,24,26). The van der Waals surface area contributed by atoms with Crippen LogP contribution in [0.5, 0.6) is 0 Å². The first kappa shape index (κ1) is 21.3. The van der Waals surface area contributed by atoms with Gasteiger partial charge in [0, 0.05) is 46.2 Å². The summed E-state index contributed by atoms with van der Waals surface area (Å²) in [5.41, 5.74) is 0.964. The Morgan fingerprint density at radius 1 is 1.11 bits per heavy atom. The smallest absolute Gasteiger partial charge is 0.224 e. The van der Waals surface area contributed by atoms with Gasteiger partial charge in [0.2, 0.25) is 5.91 Å². The van der Waals surface area contributed by atoms with Crippen LogP contribution in [0.2, 0.25) is 10.0 Å². The van der Waals surface area contributed by atoms with E-state index in [9.17, 15) is 4.79 Å². The first-order valence-corrected chi connectivity index (χ1v) is 12.0. The van der Waals surface area contributed by atoms with Crippen LogP contribution in [0.15, 0.2) is 18.2 Å². The lowest BCUT2D eigenvalue weighted by atomic mass is 9.96. The molecule has 2 fully saturated rings. The molecule has 1 saturated carbocycles. The van der Waals surface area contributed by atoms with Gasteiger partial charge in [0.1, 0.15) is 0 Å². The highest BCUT2D eigenvalue weighted by Gasteiger charge is 2.26. The highest BCUT2D eigenvalue weighted by Crippen LogP contribution is 2.29. The van der Waals surface area contributed by atoms with Crippen molar-refractivity contribution in [2.75, 3.05) is 25.4 Å². The summed E-state index contributed by atoms with van der Waals surface area (Å²) < 4.78 is 0. The minimum atomic E-state index is 0.0692. The van der Waals surface area contributed by atoms with Crippen LogP contribution in [-0.4, -0.2) is 41.4 Å². The number of halogens is 2. The van der Waals surface area contributed by atoms with Crippen LogP contribution in [0.25, 0.3) is 0 Å². The maximum atomic E-state index is 12.6. The lowest BCUT2D eigenvalue weighted by molar-refractivity contribution is -0.126. The maximum Gasteiger partial charge on any atom is 0.224 e. The maximum absolute atomic E-state index is 12.6. The Morgan fingerprint density at radius 2 is 1.85 bits per heavy atom. The molecular weight excluding hydrogens is 399 g/mol. The van der Waals surface area contributed by atoms with E-state index in [1.54, 1.807) is 0 Å². The fourth-order valence-electron chi connectivity index (χ4n) is 4.10. The van der Waals surface area contributed by atoms with Gasteiger partial charge in [-0.05, 0) is 44.4 Å². The van der Waals surface area contributed by atoms with E-state index in [1.165, 1.54) is 32.1 Å². The number of nitrogens with zero attached hydrogens (tertiary/aromatic N) is 1. The number of piperidine rings is 1. The van der Waals surface area contributed by atoms with E-state index in [1.807, 2.05) is 30.0 Å². The highest BCUT2D eigenvalue weighted by molar-refractivity contribution is 7.99. The SMILES string of the molecule is O=C(NCCSC1CCCCC1)C1CCCN(Cc2c(Cl)cccc2Cl)C1. The number of rotatable bonds is 7. The average Bonchev–Trinajstić information content (AvgIpc) is 2.69. The molecule has 0 bridgehead atoms. The molecule has 3 nitrogen and oxygen atoms in total. The molecule has 1 aliphatic carbocycles. The molecule has 150 valence electrons. The number of amides is 1. The summed E-state index contributed by atoms with van der Waals surface area (Å²) in [5.74, 6) is 1.30. The zero-order chi connectivity index (χ0) is 19.1. The quantitative estimate of drug-likeness (QED) is 0.590. The van der Waals surface area contributed by atoms with Crippen molar-refractivity contribution in [3.63, 3.8) is 0 Å². The lowest BCUT2D eigenvalue weighted by Gasteiger charge is -2.32. The van der Waals surface area contributed by atoms with Gasteiger partial charge >= 0.3 is 0 Å². The van der Waals surface area contributed by atoms with E-state index < -0.39 is 0 Å². The van der Waals surface area contributed by atoms with Gasteiger partial charge in [-0.2, -0.15) is 11.8 Å². The second-order valence-electron chi connectivity index (χ2n) is 7.70. The van der Waals surface area contributed by atoms with E-state index in [-0.39, 0.29) is 11.8 Å². The number of carbonyl (C=O) groups is 1. The van der Waals surface area contributed by atoms with Crippen LogP contribution in [0.4, 0.5) is 0 Å². The molecule has 1 N–H and O–H groups in total. The number of hydrogen-bond donors (Lipinski definition) is 1. The van der Waals surface area contributed by atoms with Gasteiger partial charge in [-0.3, -0.25) is 9.69 Å². The fourth-order valence-corrected chi connectivity index (χ4v) is 5.83. The zero-order valence-electron chi connectivity index (χ0n) is 15.9. The third-order valence-corrected chi connectivity index (χ3v) is 7.72. The lowest BCUT2D eigenvalue weighted by Crippen LogP contribution is -2.43. The van der Waals surface area contributed by atoms with Crippen molar-refractivity contribution in [1.29, 1.82) is 0 Å². The van der Waals surface area contributed by atoms with E-state index in [0.29, 0.717) is 16.6 Å². The molecule has 0 radical (unpaired) electrons. The van der Waals surface area contributed by atoms with E-state index in [0.717, 1.165) is 49.0 Å². The molecule has 1 atom stereocenters. The monoisotopic (exact) mass is 428 g/mol. The first-order valence-electron chi connectivity index (χ1n) is 10.2. The second kappa shape index (κ2) is 10.9. The molecule has 2 aliphatic rings. The Kier molecular flexibility index (Phi) is 8.63. The third kappa shape index (κ3) is 6.56. The van der Waals surface area contributed by atoms with Crippen molar-refractivity contribution in [1.82, 2.24) is 10.2 Å². The molecule has 0 spiro atoms. The summed E-state index contributed by atoms with van der Waals surface area (Å²) >= 11 is 14.6. The van der Waals surface area contributed by atoms with Crippen molar-refractivity contribution < 1.29 is 4.79 Å². The third-order valence-electron chi connectivity index (χ3n) is 5.63. The van der Waals surface area contributed by atoms with Gasteiger partial charge in [0.15, 0.2) is 0 Å². The van der Waals surface area contributed by atoms with Crippen LogP contribution in [0.1, 0.15) is 50.5 Å². The molecule has 6 heteroatoms. The fraction of sp³-hybridized carbons (Fsp3) is 0.667. The predicted octanol–water partition coefficient (Wildman–Crippen LogP) is 5.39. The van der Waals surface area contributed by atoms with Gasteiger partial charge in [-0.25, -0.2) is 0 Å². The normalized spacial score (nSPS) is 21.9. The minimum Gasteiger partial charge on any atom is -0.355 e. The highest BCUT2D eigenvalue weighted by atomic mass is 35.5. The van der Waals surface area contributed by atoms with Crippen molar-refractivity contribution in [3.8, 4) is 0 Å². The Morgan fingerprint density at radius 3 is 2.59 bits per heavy atom. The number of likely N-dealkylation sites (tertiary alicyclic amines) is 1. The zero-order valence-corrected chi connectivity index (χ0v) is 18.2. The summed E-state index contributed by atoms with van der Waals surface area (Å²) in [6, 6.07) is 5.62. The molecule has 1 aliphatic heterocycles. The van der Waals surface area contributed by atoms with E-state index >= 15 is 0 Å². The van der Waals surface area contributed by atoms with Gasteiger partial charge < -0.3 is 5.32 Å². The molecule has 27 heavy (non-hydrogen) atoms. The summed E-state index contributed by atoms with van der Waals surface area (Å²) in [4.78, 5) is 14.9. The molecule has 1 unspecified atom stereocenters. The van der Waals surface area contributed by atoms with Gasteiger partial charge in [-0.1, -0.05) is 48.5 Å². The Bertz CT molecular complexity index is 602. The Balaban J connectivity index is 1.41. The van der Waals surface area contributed by atoms with Crippen LogP contribution in [-0.2, 0) is 11.3 Å². The minimum absolute atomic E-state index is 0.0692. The van der Waals surface area contributed by atoms with E-state index in [4.69, 9.17) is 23.2 Å². The molecular formula is C21H30Cl2N2OS. The molecule has 1 aromatic rings. The average molecular weight is 429 g/mol.